The third-order valence-electron chi connectivity index (χ3n) is 4.19. The third kappa shape index (κ3) is 2.81. The molecule has 1 aliphatic heterocycles. The van der Waals surface area contributed by atoms with Crippen molar-refractivity contribution < 1.29 is 19.1 Å². The van der Waals surface area contributed by atoms with Crippen LogP contribution in [-0.4, -0.2) is 40.0 Å². The summed E-state index contributed by atoms with van der Waals surface area (Å²) in [7, 11) is 0. The maximum atomic E-state index is 13.4. The molecule has 5 nitrogen and oxygen atoms in total. The van der Waals surface area contributed by atoms with E-state index in [1.165, 1.54) is 12.1 Å². The number of hydrogen-bond acceptors (Lipinski definition) is 2. The number of aromatic amines is 1. The van der Waals surface area contributed by atoms with Crippen molar-refractivity contribution in [1.82, 2.24) is 9.88 Å². The number of H-pyrrole nitrogens is 1. The van der Waals surface area contributed by atoms with Crippen LogP contribution in [0, 0.1) is 11.7 Å². The van der Waals surface area contributed by atoms with Gasteiger partial charge in [-0.2, -0.15) is 0 Å². The molecule has 1 aromatic carbocycles. The standard InChI is InChI=1S/C16H17FN2O3/c17-12-3-4-14-13(7-12)11(8-18-14)6-15(20)19-5-1-2-10(9-19)16(21)22/h3-4,7-8,10,18H,1-2,5-6,9H2,(H,21,22)/t10-/m1/s1. The first kappa shape index (κ1) is 14.6. The van der Waals surface area contributed by atoms with Gasteiger partial charge in [-0.3, -0.25) is 9.59 Å². The second-order valence-electron chi connectivity index (χ2n) is 5.70. The summed E-state index contributed by atoms with van der Waals surface area (Å²) in [5.74, 6) is -1.80. The van der Waals surface area contributed by atoms with Gasteiger partial charge in [-0.1, -0.05) is 0 Å². The van der Waals surface area contributed by atoms with E-state index in [1.54, 1.807) is 17.2 Å². The van der Waals surface area contributed by atoms with Crippen LogP contribution in [0.15, 0.2) is 24.4 Å². The van der Waals surface area contributed by atoms with Crippen molar-refractivity contribution >= 4 is 22.8 Å². The highest BCUT2D eigenvalue weighted by Gasteiger charge is 2.28. The second kappa shape index (κ2) is 5.79. The lowest BCUT2D eigenvalue weighted by molar-refractivity contribution is -0.145. The van der Waals surface area contributed by atoms with Gasteiger partial charge in [-0.15, -0.1) is 0 Å². The first-order valence-corrected chi connectivity index (χ1v) is 7.30. The molecule has 6 heteroatoms. The van der Waals surface area contributed by atoms with E-state index in [9.17, 15) is 14.0 Å². The molecule has 1 aromatic heterocycles. The van der Waals surface area contributed by atoms with Crippen LogP contribution in [-0.2, 0) is 16.0 Å². The second-order valence-corrected chi connectivity index (χ2v) is 5.70. The van der Waals surface area contributed by atoms with E-state index in [-0.39, 0.29) is 24.7 Å². The molecule has 22 heavy (non-hydrogen) atoms. The van der Waals surface area contributed by atoms with Crippen molar-refractivity contribution in [3.63, 3.8) is 0 Å². The van der Waals surface area contributed by atoms with Gasteiger partial charge in [-0.05, 0) is 36.6 Å². The maximum Gasteiger partial charge on any atom is 0.308 e. The average Bonchev–Trinajstić information content (AvgIpc) is 2.89. The number of rotatable bonds is 3. The van der Waals surface area contributed by atoms with Crippen LogP contribution < -0.4 is 0 Å². The third-order valence-corrected chi connectivity index (χ3v) is 4.19. The van der Waals surface area contributed by atoms with Gasteiger partial charge >= 0.3 is 5.97 Å². The van der Waals surface area contributed by atoms with E-state index in [4.69, 9.17) is 5.11 Å². The number of carboxylic acid groups (broad SMARTS) is 1. The fraction of sp³-hybridized carbons (Fsp3) is 0.375. The van der Waals surface area contributed by atoms with Crippen molar-refractivity contribution in [2.45, 2.75) is 19.3 Å². The van der Waals surface area contributed by atoms with E-state index in [1.807, 2.05) is 0 Å². The summed E-state index contributed by atoms with van der Waals surface area (Å²) in [4.78, 5) is 28.1. The van der Waals surface area contributed by atoms with E-state index in [2.05, 4.69) is 4.98 Å². The van der Waals surface area contributed by atoms with Crippen molar-refractivity contribution in [2.75, 3.05) is 13.1 Å². The summed E-state index contributed by atoms with van der Waals surface area (Å²) in [6, 6.07) is 4.41. The molecule has 2 aromatic rings. The molecule has 1 atom stereocenters. The molecule has 0 spiro atoms. The van der Waals surface area contributed by atoms with Gasteiger partial charge in [0.1, 0.15) is 5.82 Å². The summed E-state index contributed by atoms with van der Waals surface area (Å²) in [6.45, 7) is 0.838. The average molecular weight is 304 g/mol. The SMILES string of the molecule is O=C(O)[C@@H]1CCCN(C(=O)Cc2c[nH]c3ccc(F)cc23)C1. The number of hydrogen-bond donors (Lipinski definition) is 2. The number of aliphatic carboxylic acids is 1. The van der Waals surface area contributed by atoms with Crippen LogP contribution in [0.3, 0.4) is 0 Å². The van der Waals surface area contributed by atoms with Crippen LogP contribution >= 0.6 is 0 Å². The zero-order valence-electron chi connectivity index (χ0n) is 12.0. The number of halogens is 1. The Morgan fingerprint density at radius 1 is 1.41 bits per heavy atom. The highest BCUT2D eigenvalue weighted by Crippen LogP contribution is 2.22. The Balaban J connectivity index is 1.75. The van der Waals surface area contributed by atoms with Crippen molar-refractivity contribution in [3.05, 3.63) is 35.8 Å². The molecule has 116 valence electrons. The van der Waals surface area contributed by atoms with Gasteiger partial charge < -0.3 is 15.0 Å². The minimum absolute atomic E-state index is 0.115. The van der Waals surface area contributed by atoms with Gasteiger partial charge in [-0.25, -0.2) is 4.39 Å². The van der Waals surface area contributed by atoms with Crippen molar-refractivity contribution in [3.8, 4) is 0 Å². The number of nitrogens with zero attached hydrogens (tertiary/aromatic N) is 1. The van der Waals surface area contributed by atoms with Crippen LogP contribution in [0.5, 0.6) is 0 Å². The zero-order chi connectivity index (χ0) is 15.7. The number of amides is 1. The summed E-state index contributed by atoms with van der Waals surface area (Å²) >= 11 is 0. The number of carboxylic acids is 1. The number of aromatic nitrogens is 1. The summed E-state index contributed by atoms with van der Waals surface area (Å²) in [6.07, 6.45) is 3.17. The lowest BCUT2D eigenvalue weighted by Crippen LogP contribution is -2.42. The quantitative estimate of drug-likeness (QED) is 0.912. The molecule has 3 rings (SSSR count). The highest BCUT2D eigenvalue weighted by atomic mass is 19.1. The summed E-state index contributed by atoms with van der Waals surface area (Å²) < 4.78 is 13.4. The molecule has 0 aliphatic carbocycles. The number of carbonyl (C=O) groups is 2. The maximum absolute atomic E-state index is 13.4. The van der Waals surface area contributed by atoms with Gasteiger partial charge in [0.15, 0.2) is 0 Å². The van der Waals surface area contributed by atoms with Gasteiger partial charge in [0.25, 0.3) is 0 Å². The minimum atomic E-state index is -0.855. The number of likely N-dealkylation sites (tertiary alicyclic amines) is 1. The Hall–Kier alpha value is -2.37. The van der Waals surface area contributed by atoms with Gasteiger partial charge in [0.05, 0.1) is 12.3 Å². The first-order valence-electron chi connectivity index (χ1n) is 7.30. The topological polar surface area (TPSA) is 73.4 Å². The van der Waals surface area contributed by atoms with E-state index in [0.29, 0.717) is 24.8 Å². The minimum Gasteiger partial charge on any atom is -0.481 e. The molecule has 1 fully saturated rings. The first-order chi connectivity index (χ1) is 10.5. The fourth-order valence-electron chi connectivity index (χ4n) is 2.98. The Bertz CT molecular complexity index is 725. The smallest absolute Gasteiger partial charge is 0.308 e. The Morgan fingerprint density at radius 3 is 3.00 bits per heavy atom. The summed E-state index contributed by atoms with van der Waals surface area (Å²) in [5, 5.41) is 9.78. The van der Waals surface area contributed by atoms with Crippen LogP contribution in [0.2, 0.25) is 0 Å². The van der Waals surface area contributed by atoms with Crippen LogP contribution in [0.25, 0.3) is 10.9 Å². The fourth-order valence-corrected chi connectivity index (χ4v) is 2.98. The Morgan fingerprint density at radius 2 is 2.23 bits per heavy atom. The van der Waals surface area contributed by atoms with Gasteiger partial charge in [0, 0.05) is 30.2 Å². The van der Waals surface area contributed by atoms with E-state index in [0.717, 1.165) is 11.1 Å². The lowest BCUT2D eigenvalue weighted by atomic mass is 9.97. The predicted molar refractivity (Wildman–Crippen MR) is 78.9 cm³/mol. The largest absolute Gasteiger partial charge is 0.481 e. The number of fused-ring (bicyclic) bond motifs is 1. The molecule has 1 aliphatic rings. The number of benzene rings is 1. The number of piperidine rings is 1. The molecule has 2 heterocycles. The van der Waals surface area contributed by atoms with E-state index >= 15 is 0 Å². The molecule has 1 saturated heterocycles. The molecular weight excluding hydrogens is 287 g/mol. The Labute approximate surface area is 126 Å². The molecular formula is C16H17FN2O3. The lowest BCUT2D eigenvalue weighted by Gasteiger charge is -2.30. The molecule has 1 amide bonds. The number of nitrogens with one attached hydrogen (secondary N) is 1. The van der Waals surface area contributed by atoms with Crippen LogP contribution in [0.1, 0.15) is 18.4 Å². The zero-order valence-corrected chi connectivity index (χ0v) is 12.0. The summed E-state index contributed by atoms with van der Waals surface area (Å²) in [5.41, 5.74) is 1.52. The van der Waals surface area contributed by atoms with E-state index < -0.39 is 11.9 Å². The highest BCUT2D eigenvalue weighted by molar-refractivity contribution is 5.89. The molecule has 0 bridgehead atoms. The molecule has 0 radical (unpaired) electrons. The van der Waals surface area contributed by atoms with Gasteiger partial charge in [0.2, 0.25) is 5.91 Å². The van der Waals surface area contributed by atoms with Crippen LogP contribution in [0.4, 0.5) is 4.39 Å². The number of carbonyl (C=O) groups excluding carboxylic acids is 1. The van der Waals surface area contributed by atoms with Crippen molar-refractivity contribution in [2.24, 2.45) is 5.92 Å². The molecule has 0 unspecified atom stereocenters. The Kier molecular flexibility index (Phi) is 3.83. The monoisotopic (exact) mass is 304 g/mol. The van der Waals surface area contributed by atoms with Crippen molar-refractivity contribution in [1.29, 1.82) is 0 Å². The molecule has 0 saturated carbocycles. The molecule has 2 N–H and O–H groups in total. The normalized spacial score (nSPS) is 18.6. The predicted octanol–water partition coefficient (Wildman–Crippen LogP) is 2.17.